The van der Waals surface area contributed by atoms with Gasteiger partial charge in [-0.3, -0.25) is 0 Å². The topological polar surface area (TPSA) is 33.1 Å². The summed E-state index contributed by atoms with van der Waals surface area (Å²) in [7, 11) is 0. The molecule has 0 bridgehead atoms. The summed E-state index contributed by atoms with van der Waals surface area (Å²) in [5, 5.41) is 9.04. The van der Waals surface area contributed by atoms with Crippen molar-refractivity contribution in [2.24, 2.45) is 0 Å². The molecule has 1 heterocycles. The first kappa shape index (κ1) is 11.4. The Morgan fingerprint density at radius 3 is 2.50 bits per heavy atom. The number of thiazole rings is 1. The first-order valence-corrected chi connectivity index (χ1v) is 5.53. The van der Waals surface area contributed by atoms with Crippen LogP contribution in [0, 0.1) is 11.6 Å². The average Bonchev–Trinajstić information content (AvgIpc) is 2.59. The Morgan fingerprint density at radius 2 is 1.94 bits per heavy atom. The Hall–Kier alpha value is -1.04. The van der Waals surface area contributed by atoms with Crippen LogP contribution in [0.1, 0.15) is 4.88 Å². The number of halogens is 3. The van der Waals surface area contributed by atoms with E-state index in [9.17, 15) is 8.78 Å². The third-order valence-corrected chi connectivity index (χ3v) is 3.16. The van der Waals surface area contributed by atoms with Gasteiger partial charge in [-0.05, 0) is 12.1 Å². The van der Waals surface area contributed by atoms with E-state index in [1.165, 1.54) is 6.07 Å². The molecule has 0 aliphatic rings. The van der Waals surface area contributed by atoms with E-state index in [4.69, 9.17) is 16.7 Å². The van der Waals surface area contributed by atoms with Crippen molar-refractivity contribution < 1.29 is 13.9 Å². The van der Waals surface area contributed by atoms with Crippen LogP contribution in [0.4, 0.5) is 8.78 Å². The minimum atomic E-state index is -0.725. The average molecular weight is 262 g/mol. The third-order valence-electron chi connectivity index (χ3n) is 2.01. The lowest BCUT2D eigenvalue weighted by molar-refractivity contribution is 0.286. The second-order valence-electron chi connectivity index (χ2n) is 2.99. The Bertz CT molecular complexity index is 509. The molecule has 1 aromatic heterocycles. The van der Waals surface area contributed by atoms with Crippen molar-refractivity contribution in [3.63, 3.8) is 0 Å². The highest BCUT2D eigenvalue weighted by Crippen LogP contribution is 2.33. The van der Waals surface area contributed by atoms with E-state index in [2.05, 4.69) is 4.98 Å². The van der Waals surface area contributed by atoms with E-state index in [1.54, 1.807) is 0 Å². The van der Waals surface area contributed by atoms with Crippen LogP contribution in [0.25, 0.3) is 11.3 Å². The van der Waals surface area contributed by atoms with E-state index in [0.717, 1.165) is 23.5 Å². The Morgan fingerprint density at radius 1 is 1.31 bits per heavy atom. The standard InChI is InChI=1S/C10H6ClF2NOS/c11-10-14-9(7(4-15)16-10)8-5(12)2-1-3-6(8)13/h1-3,15H,4H2. The summed E-state index contributed by atoms with van der Waals surface area (Å²) in [5.41, 5.74) is -0.192. The number of hydrogen-bond acceptors (Lipinski definition) is 3. The van der Waals surface area contributed by atoms with Crippen molar-refractivity contribution in [3.8, 4) is 11.3 Å². The van der Waals surface area contributed by atoms with Gasteiger partial charge >= 0.3 is 0 Å². The first-order valence-electron chi connectivity index (χ1n) is 4.34. The van der Waals surface area contributed by atoms with Gasteiger partial charge < -0.3 is 5.11 Å². The number of aliphatic hydroxyl groups is 1. The van der Waals surface area contributed by atoms with Crippen molar-refractivity contribution >= 4 is 22.9 Å². The molecule has 2 aromatic rings. The number of rotatable bonds is 2. The van der Waals surface area contributed by atoms with Crippen LogP contribution in [0.15, 0.2) is 18.2 Å². The number of benzene rings is 1. The van der Waals surface area contributed by atoms with Gasteiger partial charge in [0.05, 0.1) is 22.7 Å². The highest BCUT2D eigenvalue weighted by molar-refractivity contribution is 7.16. The molecule has 1 aromatic carbocycles. The molecule has 0 aliphatic carbocycles. The van der Waals surface area contributed by atoms with Gasteiger partial charge in [-0.15, -0.1) is 11.3 Å². The number of aromatic nitrogens is 1. The van der Waals surface area contributed by atoms with Crippen molar-refractivity contribution in [1.29, 1.82) is 0 Å². The smallest absolute Gasteiger partial charge is 0.184 e. The predicted molar refractivity (Wildman–Crippen MR) is 58.4 cm³/mol. The quantitative estimate of drug-likeness (QED) is 0.900. The third kappa shape index (κ3) is 1.93. The zero-order valence-corrected chi connectivity index (χ0v) is 9.45. The summed E-state index contributed by atoms with van der Waals surface area (Å²) in [5.74, 6) is -1.45. The Labute approximate surface area is 99.1 Å². The van der Waals surface area contributed by atoms with Crippen molar-refractivity contribution in [2.75, 3.05) is 0 Å². The molecule has 0 saturated heterocycles. The summed E-state index contributed by atoms with van der Waals surface area (Å²) in [6.07, 6.45) is 0. The normalized spacial score (nSPS) is 10.8. The van der Waals surface area contributed by atoms with Gasteiger partial charge in [0.1, 0.15) is 11.6 Å². The van der Waals surface area contributed by atoms with E-state index in [-0.39, 0.29) is 22.3 Å². The summed E-state index contributed by atoms with van der Waals surface area (Å²) >= 11 is 6.65. The second kappa shape index (κ2) is 4.45. The SMILES string of the molecule is OCc1sc(Cl)nc1-c1c(F)cccc1F. The maximum absolute atomic E-state index is 13.5. The molecule has 1 N–H and O–H groups in total. The summed E-state index contributed by atoms with van der Waals surface area (Å²) in [4.78, 5) is 4.16. The molecule has 0 saturated carbocycles. The molecule has 0 radical (unpaired) electrons. The van der Waals surface area contributed by atoms with Gasteiger partial charge in [0.2, 0.25) is 0 Å². The number of aliphatic hydroxyl groups excluding tert-OH is 1. The molecule has 16 heavy (non-hydrogen) atoms. The first-order chi connectivity index (χ1) is 7.63. The van der Waals surface area contributed by atoms with E-state index in [0.29, 0.717) is 4.88 Å². The summed E-state index contributed by atoms with van der Waals surface area (Å²) < 4.78 is 27.1. The molecule has 0 unspecified atom stereocenters. The van der Waals surface area contributed by atoms with Crippen LogP contribution in [0.5, 0.6) is 0 Å². The maximum Gasteiger partial charge on any atom is 0.184 e. The molecule has 6 heteroatoms. The van der Waals surface area contributed by atoms with Crippen LogP contribution in [-0.4, -0.2) is 10.1 Å². The molecule has 2 nitrogen and oxygen atoms in total. The van der Waals surface area contributed by atoms with E-state index in [1.807, 2.05) is 0 Å². The zero-order chi connectivity index (χ0) is 11.7. The van der Waals surface area contributed by atoms with Gasteiger partial charge in [-0.1, -0.05) is 17.7 Å². The van der Waals surface area contributed by atoms with Crippen LogP contribution in [-0.2, 0) is 6.61 Å². The molecular weight excluding hydrogens is 256 g/mol. The van der Waals surface area contributed by atoms with Crippen molar-refractivity contribution in [2.45, 2.75) is 6.61 Å². The van der Waals surface area contributed by atoms with Gasteiger partial charge in [0.15, 0.2) is 4.47 Å². The Kier molecular flexibility index (Phi) is 3.18. The maximum atomic E-state index is 13.5. The lowest BCUT2D eigenvalue weighted by Gasteiger charge is -2.02. The van der Waals surface area contributed by atoms with Gasteiger partial charge in [0.25, 0.3) is 0 Å². The van der Waals surface area contributed by atoms with Crippen molar-refractivity contribution in [3.05, 3.63) is 39.2 Å². The predicted octanol–water partition coefficient (Wildman–Crippen LogP) is 3.23. The fourth-order valence-electron chi connectivity index (χ4n) is 1.35. The van der Waals surface area contributed by atoms with E-state index >= 15 is 0 Å². The van der Waals surface area contributed by atoms with Crippen LogP contribution < -0.4 is 0 Å². The molecular formula is C10H6ClF2NOS. The molecule has 0 aliphatic heterocycles. The summed E-state index contributed by atoms with van der Waals surface area (Å²) in [6.45, 7) is -0.354. The minimum Gasteiger partial charge on any atom is -0.391 e. The second-order valence-corrected chi connectivity index (χ2v) is 4.66. The van der Waals surface area contributed by atoms with E-state index < -0.39 is 11.6 Å². The molecule has 0 amide bonds. The lowest BCUT2D eigenvalue weighted by Crippen LogP contribution is -1.93. The van der Waals surface area contributed by atoms with Crippen molar-refractivity contribution in [1.82, 2.24) is 4.98 Å². The Balaban J connectivity index is 2.66. The zero-order valence-electron chi connectivity index (χ0n) is 7.88. The highest BCUT2D eigenvalue weighted by Gasteiger charge is 2.18. The minimum absolute atomic E-state index is 0.0631. The van der Waals surface area contributed by atoms with Crippen LogP contribution >= 0.6 is 22.9 Å². The van der Waals surface area contributed by atoms with Gasteiger partial charge in [-0.2, -0.15) is 0 Å². The van der Waals surface area contributed by atoms with Gasteiger partial charge in [0, 0.05) is 0 Å². The molecule has 0 spiro atoms. The molecule has 0 fully saturated rings. The lowest BCUT2D eigenvalue weighted by atomic mass is 10.1. The van der Waals surface area contributed by atoms with Crippen LogP contribution in [0.2, 0.25) is 4.47 Å². The monoisotopic (exact) mass is 261 g/mol. The number of nitrogens with zero attached hydrogens (tertiary/aromatic N) is 1. The fraction of sp³-hybridized carbons (Fsp3) is 0.100. The fourth-order valence-corrected chi connectivity index (χ4v) is 2.36. The number of hydrogen-bond donors (Lipinski definition) is 1. The largest absolute Gasteiger partial charge is 0.391 e. The molecule has 0 atom stereocenters. The van der Waals surface area contributed by atoms with Crippen LogP contribution in [0.3, 0.4) is 0 Å². The highest BCUT2D eigenvalue weighted by atomic mass is 35.5. The molecule has 84 valence electrons. The summed E-state index contributed by atoms with van der Waals surface area (Å²) in [6, 6.07) is 3.53. The molecule has 2 rings (SSSR count). The van der Waals surface area contributed by atoms with Gasteiger partial charge in [-0.25, -0.2) is 13.8 Å².